The lowest BCUT2D eigenvalue weighted by Crippen LogP contribution is -2.28. The van der Waals surface area contributed by atoms with Crippen molar-refractivity contribution in [3.8, 4) is 0 Å². The second-order valence-corrected chi connectivity index (χ2v) is 3.16. The van der Waals surface area contributed by atoms with Crippen LogP contribution in [0.25, 0.3) is 0 Å². The molecule has 0 fully saturated rings. The summed E-state index contributed by atoms with van der Waals surface area (Å²) in [6.45, 7) is 0. The fourth-order valence-electron chi connectivity index (χ4n) is 1.23. The van der Waals surface area contributed by atoms with Crippen molar-refractivity contribution in [2.24, 2.45) is 0 Å². The topological polar surface area (TPSA) is 72.2 Å². The van der Waals surface area contributed by atoms with Gasteiger partial charge < -0.3 is 10.1 Å². The van der Waals surface area contributed by atoms with E-state index in [1.54, 1.807) is 19.2 Å². The molecule has 1 aromatic rings. The Morgan fingerprint density at radius 3 is 2.47 bits per heavy atom. The molecule has 0 aliphatic rings. The summed E-state index contributed by atoms with van der Waals surface area (Å²) in [5.41, 5.74) is 0.956. The maximum absolute atomic E-state index is 10.5. The van der Waals surface area contributed by atoms with Crippen LogP contribution in [0.1, 0.15) is 5.56 Å². The standard InChI is InChI=1S/C10H12N2O3/c1-11-9(7-13)6-8-2-4-10(5-3-8)12(14)15/h2-5,7,9,11H,6H2,1H3/t9-/m0/s1. The van der Waals surface area contributed by atoms with Crippen molar-refractivity contribution in [1.82, 2.24) is 5.32 Å². The van der Waals surface area contributed by atoms with E-state index < -0.39 is 4.92 Å². The number of nitro groups is 1. The number of rotatable bonds is 5. The van der Waals surface area contributed by atoms with Crippen molar-refractivity contribution >= 4 is 12.0 Å². The van der Waals surface area contributed by atoms with E-state index in [9.17, 15) is 14.9 Å². The number of likely N-dealkylation sites (N-methyl/N-ethyl adjacent to an activating group) is 1. The third-order valence-electron chi connectivity index (χ3n) is 2.14. The molecule has 0 amide bonds. The smallest absolute Gasteiger partial charge is 0.269 e. The van der Waals surface area contributed by atoms with Crippen molar-refractivity contribution < 1.29 is 9.72 Å². The minimum Gasteiger partial charge on any atom is -0.311 e. The first-order valence-corrected chi connectivity index (χ1v) is 4.53. The fraction of sp³-hybridized carbons (Fsp3) is 0.300. The lowest BCUT2D eigenvalue weighted by atomic mass is 10.1. The number of benzene rings is 1. The highest BCUT2D eigenvalue weighted by Crippen LogP contribution is 2.12. The lowest BCUT2D eigenvalue weighted by Gasteiger charge is -2.07. The van der Waals surface area contributed by atoms with Crippen LogP contribution in [0.3, 0.4) is 0 Å². The van der Waals surface area contributed by atoms with Gasteiger partial charge in [-0.1, -0.05) is 12.1 Å². The summed E-state index contributed by atoms with van der Waals surface area (Å²) in [7, 11) is 1.70. The molecule has 1 N–H and O–H groups in total. The second kappa shape index (κ2) is 5.21. The summed E-state index contributed by atoms with van der Waals surface area (Å²) in [5.74, 6) is 0. The normalized spacial score (nSPS) is 12.1. The quantitative estimate of drug-likeness (QED) is 0.443. The van der Waals surface area contributed by atoms with Gasteiger partial charge in [-0.2, -0.15) is 0 Å². The van der Waals surface area contributed by atoms with Gasteiger partial charge in [-0.15, -0.1) is 0 Å². The number of nitrogens with zero attached hydrogens (tertiary/aromatic N) is 1. The molecule has 80 valence electrons. The van der Waals surface area contributed by atoms with Gasteiger partial charge >= 0.3 is 0 Å². The van der Waals surface area contributed by atoms with E-state index in [0.29, 0.717) is 6.42 Å². The van der Waals surface area contributed by atoms with Crippen LogP contribution in [0.4, 0.5) is 5.69 Å². The van der Waals surface area contributed by atoms with Crippen LogP contribution in [0.15, 0.2) is 24.3 Å². The van der Waals surface area contributed by atoms with Gasteiger partial charge in [0.1, 0.15) is 6.29 Å². The van der Waals surface area contributed by atoms with Crippen LogP contribution in [-0.4, -0.2) is 24.3 Å². The van der Waals surface area contributed by atoms with Crippen molar-refractivity contribution in [3.63, 3.8) is 0 Å². The van der Waals surface area contributed by atoms with Gasteiger partial charge in [0.05, 0.1) is 11.0 Å². The average molecular weight is 208 g/mol. The molecule has 1 rings (SSSR count). The number of hydrogen-bond acceptors (Lipinski definition) is 4. The molecule has 15 heavy (non-hydrogen) atoms. The zero-order chi connectivity index (χ0) is 11.3. The third kappa shape index (κ3) is 3.14. The van der Waals surface area contributed by atoms with Crippen molar-refractivity contribution in [1.29, 1.82) is 0 Å². The molecule has 0 heterocycles. The zero-order valence-corrected chi connectivity index (χ0v) is 8.34. The van der Waals surface area contributed by atoms with Crippen molar-refractivity contribution in [2.45, 2.75) is 12.5 Å². The number of carbonyl (C=O) groups excluding carboxylic acids is 1. The van der Waals surface area contributed by atoms with Gasteiger partial charge in [0.15, 0.2) is 0 Å². The number of nitrogens with one attached hydrogen (secondary N) is 1. The van der Waals surface area contributed by atoms with E-state index >= 15 is 0 Å². The van der Waals surface area contributed by atoms with E-state index in [0.717, 1.165) is 11.8 Å². The highest BCUT2D eigenvalue weighted by Gasteiger charge is 2.07. The van der Waals surface area contributed by atoms with Gasteiger partial charge in [0, 0.05) is 12.1 Å². The second-order valence-electron chi connectivity index (χ2n) is 3.16. The number of hydrogen-bond donors (Lipinski definition) is 1. The molecule has 0 aliphatic carbocycles. The van der Waals surface area contributed by atoms with E-state index in [2.05, 4.69) is 5.32 Å². The minimum atomic E-state index is -0.445. The predicted molar refractivity (Wildman–Crippen MR) is 55.7 cm³/mol. The molecule has 0 aliphatic heterocycles. The molecule has 5 nitrogen and oxygen atoms in total. The molecule has 0 saturated heterocycles. The summed E-state index contributed by atoms with van der Waals surface area (Å²) in [6.07, 6.45) is 1.36. The lowest BCUT2D eigenvalue weighted by molar-refractivity contribution is -0.384. The van der Waals surface area contributed by atoms with Gasteiger partial charge in [0.25, 0.3) is 5.69 Å². The molecular weight excluding hydrogens is 196 g/mol. The van der Waals surface area contributed by atoms with E-state index in [1.165, 1.54) is 12.1 Å². The zero-order valence-electron chi connectivity index (χ0n) is 8.34. The van der Waals surface area contributed by atoms with Crippen LogP contribution in [0.5, 0.6) is 0 Å². The van der Waals surface area contributed by atoms with E-state index in [1.807, 2.05) is 0 Å². The Morgan fingerprint density at radius 1 is 1.47 bits per heavy atom. The highest BCUT2D eigenvalue weighted by molar-refractivity contribution is 5.58. The van der Waals surface area contributed by atoms with Crippen LogP contribution in [0, 0.1) is 10.1 Å². The summed E-state index contributed by atoms with van der Waals surface area (Å²) in [6, 6.07) is 5.95. The third-order valence-corrected chi connectivity index (χ3v) is 2.14. The first-order valence-electron chi connectivity index (χ1n) is 4.53. The molecule has 0 radical (unpaired) electrons. The summed E-state index contributed by atoms with van der Waals surface area (Å²) in [5, 5.41) is 13.2. The average Bonchev–Trinajstić information content (AvgIpc) is 2.26. The van der Waals surface area contributed by atoms with Crippen molar-refractivity contribution in [3.05, 3.63) is 39.9 Å². The molecule has 0 bridgehead atoms. The Bertz CT molecular complexity index is 348. The van der Waals surface area contributed by atoms with Gasteiger partial charge in [-0.25, -0.2) is 0 Å². The Hall–Kier alpha value is -1.75. The van der Waals surface area contributed by atoms with Crippen LogP contribution in [0.2, 0.25) is 0 Å². The summed E-state index contributed by atoms with van der Waals surface area (Å²) in [4.78, 5) is 20.5. The Balaban J connectivity index is 2.71. The monoisotopic (exact) mass is 208 g/mol. The SMILES string of the molecule is CN[C@H](C=O)Cc1ccc([N+](=O)[O-])cc1. The van der Waals surface area contributed by atoms with E-state index in [4.69, 9.17) is 0 Å². The van der Waals surface area contributed by atoms with Crippen LogP contribution in [-0.2, 0) is 11.2 Å². The Morgan fingerprint density at radius 2 is 2.07 bits per heavy atom. The molecule has 1 aromatic carbocycles. The highest BCUT2D eigenvalue weighted by atomic mass is 16.6. The van der Waals surface area contributed by atoms with Gasteiger partial charge in [0.2, 0.25) is 0 Å². The molecule has 0 unspecified atom stereocenters. The molecule has 1 atom stereocenters. The van der Waals surface area contributed by atoms with Gasteiger partial charge in [-0.3, -0.25) is 10.1 Å². The summed E-state index contributed by atoms with van der Waals surface area (Å²) >= 11 is 0. The first-order chi connectivity index (χ1) is 7.17. The Kier molecular flexibility index (Phi) is 3.93. The molecular formula is C10H12N2O3. The van der Waals surface area contributed by atoms with Crippen LogP contribution >= 0.6 is 0 Å². The largest absolute Gasteiger partial charge is 0.311 e. The molecule has 0 aromatic heterocycles. The molecule has 0 spiro atoms. The maximum atomic E-state index is 10.5. The summed E-state index contributed by atoms with van der Waals surface area (Å²) < 4.78 is 0. The molecule has 0 saturated carbocycles. The molecule has 5 heteroatoms. The predicted octanol–water partition coefficient (Wildman–Crippen LogP) is 0.924. The maximum Gasteiger partial charge on any atom is 0.269 e. The number of nitro benzene ring substituents is 1. The Labute approximate surface area is 87.3 Å². The van der Waals surface area contributed by atoms with Crippen LogP contribution < -0.4 is 5.32 Å². The minimum absolute atomic E-state index is 0.0610. The van der Waals surface area contributed by atoms with E-state index in [-0.39, 0.29) is 11.7 Å². The first kappa shape index (κ1) is 11.3. The number of carbonyl (C=O) groups is 1. The number of aldehydes is 1. The van der Waals surface area contributed by atoms with Crippen molar-refractivity contribution in [2.75, 3.05) is 7.05 Å². The number of non-ortho nitro benzene ring substituents is 1. The fourth-order valence-corrected chi connectivity index (χ4v) is 1.23. The van der Waals surface area contributed by atoms with Gasteiger partial charge in [-0.05, 0) is 19.0 Å².